The minimum absolute atomic E-state index is 0.407. The molecule has 1 aromatic heterocycles. The van der Waals surface area contributed by atoms with E-state index >= 15 is 0 Å². The SMILES string of the molecule is CCN(CC)c1cc(C)nc(Nc2ccc(NC(=O)Nc3ccc(F)c(F)c3F)cc2)n1. The number of rotatable bonds is 7. The van der Waals surface area contributed by atoms with E-state index in [1.54, 1.807) is 24.3 Å². The summed E-state index contributed by atoms with van der Waals surface area (Å²) in [4.78, 5) is 23.1. The zero-order valence-electron chi connectivity index (χ0n) is 17.8. The van der Waals surface area contributed by atoms with E-state index in [-0.39, 0.29) is 0 Å². The molecule has 0 unspecified atom stereocenters. The van der Waals surface area contributed by atoms with Crippen LogP contribution in [0.5, 0.6) is 0 Å². The van der Waals surface area contributed by atoms with Gasteiger partial charge in [0.25, 0.3) is 0 Å². The van der Waals surface area contributed by atoms with E-state index in [1.807, 2.05) is 13.0 Å². The second-order valence-corrected chi connectivity index (χ2v) is 6.87. The van der Waals surface area contributed by atoms with E-state index in [2.05, 4.69) is 44.7 Å². The summed E-state index contributed by atoms with van der Waals surface area (Å²) < 4.78 is 40.0. The van der Waals surface area contributed by atoms with Crippen LogP contribution in [0.15, 0.2) is 42.5 Å². The van der Waals surface area contributed by atoms with Crippen molar-refractivity contribution in [2.45, 2.75) is 20.8 Å². The number of urea groups is 1. The Morgan fingerprint density at radius 1 is 0.906 bits per heavy atom. The van der Waals surface area contributed by atoms with E-state index in [9.17, 15) is 18.0 Å². The Bertz CT molecular complexity index is 1100. The Balaban J connectivity index is 1.65. The van der Waals surface area contributed by atoms with Crippen molar-refractivity contribution in [3.05, 3.63) is 65.6 Å². The molecule has 3 rings (SSSR count). The van der Waals surface area contributed by atoms with Crippen molar-refractivity contribution in [2.24, 2.45) is 0 Å². The fraction of sp³-hybridized carbons (Fsp3) is 0.227. The fourth-order valence-corrected chi connectivity index (χ4v) is 2.99. The summed E-state index contributed by atoms with van der Waals surface area (Å²) in [5, 5.41) is 7.76. The van der Waals surface area contributed by atoms with Crippen molar-refractivity contribution in [3.8, 4) is 0 Å². The summed E-state index contributed by atoms with van der Waals surface area (Å²) in [6, 6.07) is 9.42. The van der Waals surface area contributed by atoms with Gasteiger partial charge >= 0.3 is 6.03 Å². The van der Waals surface area contributed by atoms with Crippen LogP contribution in [0, 0.1) is 24.4 Å². The highest BCUT2D eigenvalue weighted by atomic mass is 19.2. The third kappa shape index (κ3) is 5.45. The molecule has 0 atom stereocenters. The van der Waals surface area contributed by atoms with Crippen LogP contribution in [0.1, 0.15) is 19.5 Å². The third-order valence-electron chi connectivity index (χ3n) is 4.61. The number of nitrogens with one attached hydrogen (secondary N) is 3. The lowest BCUT2D eigenvalue weighted by Crippen LogP contribution is -2.23. The molecule has 0 radical (unpaired) electrons. The van der Waals surface area contributed by atoms with E-state index in [4.69, 9.17) is 0 Å². The first-order valence-electron chi connectivity index (χ1n) is 10.00. The summed E-state index contributed by atoms with van der Waals surface area (Å²) >= 11 is 0. The molecule has 0 aliphatic heterocycles. The van der Waals surface area contributed by atoms with Crippen molar-refractivity contribution < 1.29 is 18.0 Å². The van der Waals surface area contributed by atoms with Gasteiger partial charge in [0.2, 0.25) is 5.95 Å². The smallest absolute Gasteiger partial charge is 0.323 e. The van der Waals surface area contributed by atoms with Crippen LogP contribution in [0.4, 0.5) is 46.8 Å². The summed E-state index contributed by atoms with van der Waals surface area (Å²) in [5.74, 6) is -3.19. The van der Waals surface area contributed by atoms with Crippen molar-refractivity contribution in [1.82, 2.24) is 9.97 Å². The van der Waals surface area contributed by atoms with Crippen LogP contribution in [0.3, 0.4) is 0 Å². The maximum Gasteiger partial charge on any atom is 0.323 e. The van der Waals surface area contributed by atoms with Gasteiger partial charge in [-0.3, -0.25) is 0 Å². The van der Waals surface area contributed by atoms with Crippen LogP contribution in [0.25, 0.3) is 0 Å². The molecule has 32 heavy (non-hydrogen) atoms. The number of carbonyl (C=O) groups is 1. The molecule has 1 heterocycles. The number of halogens is 3. The van der Waals surface area contributed by atoms with Gasteiger partial charge in [0.15, 0.2) is 17.5 Å². The van der Waals surface area contributed by atoms with Gasteiger partial charge in [0.05, 0.1) is 5.69 Å². The maximum absolute atomic E-state index is 13.7. The standard InChI is InChI=1S/C22H23F3N6O/c1-4-31(5-2)18-12-13(3)26-21(30-18)27-14-6-8-15(9-7-14)28-22(32)29-17-11-10-16(23)19(24)20(17)25/h6-12H,4-5H2,1-3H3,(H,26,27,30)(H2,28,29,32). The average molecular weight is 444 g/mol. The first kappa shape index (κ1) is 22.9. The number of aromatic nitrogens is 2. The predicted octanol–water partition coefficient (Wildman–Crippen LogP) is 5.44. The molecule has 7 nitrogen and oxygen atoms in total. The lowest BCUT2D eigenvalue weighted by atomic mass is 10.2. The highest BCUT2D eigenvalue weighted by molar-refractivity contribution is 5.99. The molecule has 0 bridgehead atoms. The normalized spacial score (nSPS) is 10.6. The van der Waals surface area contributed by atoms with Crippen molar-refractivity contribution >= 4 is 34.9 Å². The molecule has 0 fully saturated rings. The van der Waals surface area contributed by atoms with Gasteiger partial charge < -0.3 is 20.9 Å². The third-order valence-corrected chi connectivity index (χ3v) is 4.61. The molecule has 10 heteroatoms. The highest BCUT2D eigenvalue weighted by Gasteiger charge is 2.15. The summed E-state index contributed by atoms with van der Waals surface area (Å²) in [7, 11) is 0. The number of aryl methyl sites for hydroxylation is 1. The minimum atomic E-state index is -1.65. The van der Waals surface area contributed by atoms with E-state index in [1.165, 1.54) is 0 Å². The monoisotopic (exact) mass is 444 g/mol. The fourth-order valence-electron chi connectivity index (χ4n) is 2.99. The molecule has 0 spiro atoms. The van der Waals surface area contributed by atoms with Gasteiger partial charge in [-0.05, 0) is 57.2 Å². The predicted molar refractivity (Wildman–Crippen MR) is 119 cm³/mol. The second kappa shape index (κ2) is 9.99. The van der Waals surface area contributed by atoms with E-state index < -0.39 is 29.2 Å². The lowest BCUT2D eigenvalue weighted by Gasteiger charge is -2.20. The quantitative estimate of drug-likeness (QED) is 0.423. The topological polar surface area (TPSA) is 82.2 Å². The molecule has 2 aromatic carbocycles. The van der Waals surface area contributed by atoms with Gasteiger partial charge in [-0.2, -0.15) is 4.98 Å². The van der Waals surface area contributed by atoms with Crippen LogP contribution >= 0.6 is 0 Å². The van der Waals surface area contributed by atoms with Crippen molar-refractivity contribution in [3.63, 3.8) is 0 Å². The van der Waals surface area contributed by atoms with Gasteiger partial charge in [-0.25, -0.2) is 22.9 Å². The molecule has 0 aliphatic rings. The Labute approximate surface area is 183 Å². The number of amides is 2. The van der Waals surface area contributed by atoms with Crippen LogP contribution in [-0.2, 0) is 0 Å². The molecule has 3 aromatic rings. The molecule has 2 amide bonds. The summed E-state index contributed by atoms with van der Waals surface area (Å²) in [5.41, 5.74) is 1.45. The Hall–Kier alpha value is -3.82. The van der Waals surface area contributed by atoms with Gasteiger partial charge in [-0.15, -0.1) is 0 Å². The Morgan fingerprint density at radius 2 is 1.56 bits per heavy atom. The number of hydrogen-bond acceptors (Lipinski definition) is 5. The van der Waals surface area contributed by atoms with Gasteiger partial charge in [0, 0.05) is 36.2 Å². The van der Waals surface area contributed by atoms with Gasteiger partial charge in [-0.1, -0.05) is 0 Å². The lowest BCUT2D eigenvalue weighted by molar-refractivity contribution is 0.262. The number of anilines is 5. The molecule has 0 saturated carbocycles. The zero-order chi connectivity index (χ0) is 23.3. The molecule has 0 aliphatic carbocycles. The van der Waals surface area contributed by atoms with Crippen molar-refractivity contribution in [1.29, 1.82) is 0 Å². The van der Waals surface area contributed by atoms with Gasteiger partial charge in [0.1, 0.15) is 5.82 Å². The number of carbonyl (C=O) groups excluding carboxylic acids is 1. The molecule has 3 N–H and O–H groups in total. The van der Waals surface area contributed by atoms with E-state index in [0.717, 1.165) is 36.7 Å². The average Bonchev–Trinajstić information content (AvgIpc) is 2.76. The first-order valence-corrected chi connectivity index (χ1v) is 10.00. The van der Waals surface area contributed by atoms with Crippen LogP contribution < -0.4 is 20.9 Å². The molecule has 168 valence electrons. The molecular formula is C22H23F3N6O. The number of hydrogen-bond donors (Lipinski definition) is 3. The number of nitrogens with zero attached hydrogens (tertiary/aromatic N) is 3. The second-order valence-electron chi connectivity index (χ2n) is 6.87. The number of benzene rings is 2. The van der Waals surface area contributed by atoms with Crippen LogP contribution in [0.2, 0.25) is 0 Å². The Morgan fingerprint density at radius 3 is 2.22 bits per heavy atom. The summed E-state index contributed by atoms with van der Waals surface area (Å²) in [6.45, 7) is 7.64. The van der Waals surface area contributed by atoms with Crippen LogP contribution in [-0.4, -0.2) is 29.1 Å². The van der Waals surface area contributed by atoms with Crippen molar-refractivity contribution in [2.75, 3.05) is 33.9 Å². The Kier molecular flexibility index (Phi) is 7.14. The maximum atomic E-state index is 13.7. The highest BCUT2D eigenvalue weighted by Crippen LogP contribution is 2.22. The summed E-state index contributed by atoms with van der Waals surface area (Å²) in [6.07, 6.45) is 0. The molecule has 0 saturated heterocycles. The molecular weight excluding hydrogens is 421 g/mol. The van der Waals surface area contributed by atoms with E-state index in [0.29, 0.717) is 17.3 Å². The minimum Gasteiger partial charge on any atom is -0.357 e. The largest absolute Gasteiger partial charge is 0.357 e. The first-order chi connectivity index (χ1) is 15.3. The zero-order valence-corrected chi connectivity index (χ0v) is 17.8.